The van der Waals surface area contributed by atoms with Gasteiger partial charge in [-0.05, 0) is 18.5 Å². The molecule has 1 atom stereocenters. The second-order valence-corrected chi connectivity index (χ2v) is 3.09. The van der Waals surface area contributed by atoms with Crippen molar-refractivity contribution < 1.29 is 4.79 Å². The third kappa shape index (κ3) is 1.82. The maximum Gasteiger partial charge on any atom is 0.226 e. The van der Waals surface area contributed by atoms with Gasteiger partial charge in [0.05, 0.1) is 0 Å². The van der Waals surface area contributed by atoms with E-state index in [2.05, 4.69) is 13.5 Å². The first-order valence-electron chi connectivity index (χ1n) is 4.20. The lowest BCUT2D eigenvalue weighted by molar-refractivity contribution is -0.125. The summed E-state index contributed by atoms with van der Waals surface area (Å²) in [6.07, 6.45) is 4.69. The Morgan fingerprint density at radius 3 is 3.00 bits per heavy atom. The van der Waals surface area contributed by atoms with E-state index >= 15 is 0 Å². The standard InChI is InChI=1S/C9H15NO/c1-3-5-8-6-9(11)10(4-2)7-8/h4,8H,2-3,5-7H2,1H3. The number of carbonyl (C=O) groups excluding carboxylic acids is 1. The van der Waals surface area contributed by atoms with Crippen LogP contribution in [-0.2, 0) is 4.79 Å². The Morgan fingerprint density at radius 1 is 1.82 bits per heavy atom. The molecule has 1 aliphatic rings. The number of rotatable bonds is 3. The molecular formula is C9H15NO. The van der Waals surface area contributed by atoms with E-state index in [9.17, 15) is 4.79 Å². The predicted octanol–water partition coefficient (Wildman–Crippen LogP) is 1.78. The summed E-state index contributed by atoms with van der Waals surface area (Å²) in [5, 5.41) is 0. The Labute approximate surface area is 67.9 Å². The molecule has 0 spiro atoms. The van der Waals surface area contributed by atoms with Crippen molar-refractivity contribution in [1.82, 2.24) is 4.90 Å². The molecule has 0 N–H and O–H groups in total. The summed E-state index contributed by atoms with van der Waals surface area (Å²) < 4.78 is 0. The van der Waals surface area contributed by atoms with Gasteiger partial charge in [0.25, 0.3) is 0 Å². The van der Waals surface area contributed by atoms with Crippen LogP contribution in [0.5, 0.6) is 0 Å². The predicted molar refractivity (Wildman–Crippen MR) is 44.9 cm³/mol. The summed E-state index contributed by atoms with van der Waals surface area (Å²) in [5.41, 5.74) is 0. The number of hydrogen-bond acceptors (Lipinski definition) is 1. The lowest BCUT2D eigenvalue weighted by Crippen LogP contribution is -2.17. The topological polar surface area (TPSA) is 20.3 Å². The van der Waals surface area contributed by atoms with Crippen LogP contribution in [0.15, 0.2) is 12.8 Å². The molecule has 0 bridgehead atoms. The Morgan fingerprint density at radius 2 is 2.55 bits per heavy atom. The number of hydrogen-bond donors (Lipinski definition) is 0. The van der Waals surface area contributed by atoms with Gasteiger partial charge in [0.15, 0.2) is 0 Å². The molecular weight excluding hydrogens is 138 g/mol. The van der Waals surface area contributed by atoms with Crippen LogP contribution in [0, 0.1) is 5.92 Å². The van der Waals surface area contributed by atoms with Gasteiger partial charge in [-0.25, -0.2) is 0 Å². The summed E-state index contributed by atoms with van der Waals surface area (Å²) in [6.45, 7) is 6.63. The van der Waals surface area contributed by atoms with Gasteiger partial charge in [-0.2, -0.15) is 0 Å². The van der Waals surface area contributed by atoms with Crippen LogP contribution in [0.25, 0.3) is 0 Å². The molecule has 2 heteroatoms. The summed E-state index contributed by atoms with van der Waals surface area (Å²) in [6, 6.07) is 0. The van der Waals surface area contributed by atoms with Crippen molar-refractivity contribution in [3.63, 3.8) is 0 Å². The fraction of sp³-hybridized carbons (Fsp3) is 0.667. The zero-order valence-corrected chi connectivity index (χ0v) is 7.05. The highest BCUT2D eigenvalue weighted by atomic mass is 16.2. The van der Waals surface area contributed by atoms with Crippen LogP contribution in [-0.4, -0.2) is 17.4 Å². The zero-order chi connectivity index (χ0) is 8.27. The van der Waals surface area contributed by atoms with Gasteiger partial charge in [0, 0.05) is 13.0 Å². The molecule has 1 saturated heterocycles. The third-order valence-electron chi connectivity index (χ3n) is 2.16. The van der Waals surface area contributed by atoms with Gasteiger partial charge in [-0.15, -0.1) is 0 Å². The molecule has 0 saturated carbocycles. The SMILES string of the molecule is C=CN1CC(CCC)CC1=O. The van der Waals surface area contributed by atoms with Gasteiger partial charge >= 0.3 is 0 Å². The van der Waals surface area contributed by atoms with Gasteiger partial charge in [-0.3, -0.25) is 4.79 Å². The average molecular weight is 153 g/mol. The molecule has 11 heavy (non-hydrogen) atoms. The van der Waals surface area contributed by atoms with E-state index in [0.29, 0.717) is 5.92 Å². The van der Waals surface area contributed by atoms with Gasteiger partial charge in [-0.1, -0.05) is 19.9 Å². The lowest BCUT2D eigenvalue weighted by Gasteiger charge is -2.09. The number of likely N-dealkylation sites (tertiary alicyclic amines) is 1. The number of nitrogens with zero attached hydrogens (tertiary/aromatic N) is 1. The second-order valence-electron chi connectivity index (χ2n) is 3.09. The van der Waals surface area contributed by atoms with E-state index in [1.54, 1.807) is 11.1 Å². The first kappa shape index (κ1) is 8.31. The number of carbonyl (C=O) groups is 1. The Bertz CT molecular complexity index is 165. The summed E-state index contributed by atoms with van der Waals surface area (Å²) in [7, 11) is 0. The normalized spacial score (nSPS) is 24.3. The highest BCUT2D eigenvalue weighted by Crippen LogP contribution is 2.21. The maximum atomic E-state index is 11.1. The lowest BCUT2D eigenvalue weighted by atomic mass is 10.0. The summed E-state index contributed by atoms with van der Waals surface area (Å²) in [4.78, 5) is 12.9. The molecule has 1 amide bonds. The highest BCUT2D eigenvalue weighted by Gasteiger charge is 2.26. The molecule has 0 aromatic carbocycles. The van der Waals surface area contributed by atoms with E-state index in [-0.39, 0.29) is 5.91 Å². The van der Waals surface area contributed by atoms with Crippen molar-refractivity contribution in [2.24, 2.45) is 5.92 Å². The first-order chi connectivity index (χ1) is 5.27. The van der Waals surface area contributed by atoms with Crippen LogP contribution in [0.3, 0.4) is 0 Å². The van der Waals surface area contributed by atoms with Crippen molar-refractivity contribution in [2.45, 2.75) is 26.2 Å². The Kier molecular flexibility index (Phi) is 2.69. The monoisotopic (exact) mass is 153 g/mol. The third-order valence-corrected chi connectivity index (χ3v) is 2.16. The Balaban J connectivity index is 2.42. The molecule has 0 radical (unpaired) electrons. The van der Waals surface area contributed by atoms with Gasteiger partial charge in [0.2, 0.25) is 5.91 Å². The first-order valence-corrected chi connectivity index (χ1v) is 4.20. The van der Waals surface area contributed by atoms with Crippen molar-refractivity contribution in [3.8, 4) is 0 Å². The fourth-order valence-corrected chi connectivity index (χ4v) is 1.59. The van der Waals surface area contributed by atoms with Crippen LogP contribution in [0.2, 0.25) is 0 Å². The van der Waals surface area contributed by atoms with E-state index in [0.717, 1.165) is 19.4 Å². The minimum Gasteiger partial charge on any atom is -0.319 e. The zero-order valence-electron chi connectivity index (χ0n) is 7.05. The summed E-state index contributed by atoms with van der Waals surface area (Å²) >= 11 is 0. The quantitative estimate of drug-likeness (QED) is 0.605. The molecule has 2 nitrogen and oxygen atoms in total. The van der Waals surface area contributed by atoms with E-state index < -0.39 is 0 Å². The molecule has 0 aliphatic carbocycles. The molecule has 1 fully saturated rings. The van der Waals surface area contributed by atoms with Crippen molar-refractivity contribution in [3.05, 3.63) is 12.8 Å². The molecule has 1 aliphatic heterocycles. The van der Waals surface area contributed by atoms with Gasteiger partial charge in [0.1, 0.15) is 0 Å². The minimum atomic E-state index is 0.235. The second kappa shape index (κ2) is 3.56. The molecule has 62 valence electrons. The summed E-state index contributed by atoms with van der Waals surface area (Å²) in [5.74, 6) is 0.809. The van der Waals surface area contributed by atoms with Crippen molar-refractivity contribution >= 4 is 5.91 Å². The molecule has 0 aromatic heterocycles. The van der Waals surface area contributed by atoms with Crippen LogP contribution < -0.4 is 0 Å². The molecule has 1 unspecified atom stereocenters. The highest BCUT2D eigenvalue weighted by molar-refractivity contribution is 5.79. The maximum absolute atomic E-state index is 11.1. The molecule has 0 aromatic rings. The molecule has 1 heterocycles. The van der Waals surface area contributed by atoms with E-state index in [1.807, 2.05) is 0 Å². The van der Waals surface area contributed by atoms with Crippen molar-refractivity contribution in [2.75, 3.05) is 6.54 Å². The van der Waals surface area contributed by atoms with Crippen LogP contribution in [0.4, 0.5) is 0 Å². The smallest absolute Gasteiger partial charge is 0.226 e. The van der Waals surface area contributed by atoms with Crippen molar-refractivity contribution in [1.29, 1.82) is 0 Å². The fourth-order valence-electron chi connectivity index (χ4n) is 1.59. The minimum absolute atomic E-state index is 0.235. The number of amides is 1. The molecule has 1 rings (SSSR count). The largest absolute Gasteiger partial charge is 0.319 e. The van der Waals surface area contributed by atoms with Crippen LogP contribution in [0.1, 0.15) is 26.2 Å². The van der Waals surface area contributed by atoms with Gasteiger partial charge < -0.3 is 4.90 Å². The van der Waals surface area contributed by atoms with E-state index in [1.165, 1.54) is 6.42 Å². The van der Waals surface area contributed by atoms with Crippen LogP contribution >= 0.6 is 0 Å². The Hall–Kier alpha value is -0.790. The average Bonchev–Trinajstić information content (AvgIpc) is 2.32. The van der Waals surface area contributed by atoms with E-state index in [4.69, 9.17) is 0 Å².